The first-order valence-electron chi connectivity index (χ1n) is 8.00. The Bertz CT molecular complexity index is 467. The fourth-order valence-electron chi connectivity index (χ4n) is 3.30. The predicted molar refractivity (Wildman–Crippen MR) is 91.4 cm³/mol. The summed E-state index contributed by atoms with van der Waals surface area (Å²) < 4.78 is 5.20. The van der Waals surface area contributed by atoms with Crippen LogP contribution in [0, 0.1) is 11.3 Å². The van der Waals surface area contributed by atoms with Gasteiger partial charge in [0, 0.05) is 11.7 Å². The molecule has 1 aromatic carbocycles. The topological polar surface area (TPSA) is 21.3 Å². The van der Waals surface area contributed by atoms with Gasteiger partial charge in [-0.3, -0.25) is 0 Å². The predicted octanol–water partition coefficient (Wildman–Crippen LogP) is 5.76. The van der Waals surface area contributed by atoms with Crippen molar-refractivity contribution >= 4 is 17.3 Å². The molecule has 1 N–H and O–H groups in total. The number of nitrogens with one attached hydrogen (secondary N) is 1. The lowest BCUT2D eigenvalue weighted by molar-refractivity contribution is 0.214. The summed E-state index contributed by atoms with van der Waals surface area (Å²) in [7, 11) is 1.65. The number of hydrogen-bond acceptors (Lipinski definition) is 2. The van der Waals surface area contributed by atoms with E-state index in [1.165, 1.54) is 32.1 Å². The number of halogens is 1. The van der Waals surface area contributed by atoms with Crippen LogP contribution in [0.4, 0.5) is 5.69 Å². The highest BCUT2D eigenvalue weighted by atomic mass is 35.5. The summed E-state index contributed by atoms with van der Waals surface area (Å²) >= 11 is 6.20. The Morgan fingerprint density at radius 1 is 1.14 bits per heavy atom. The van der Waals surface area contributed by atoms with Gasteiger partial charge in [0.25, 0.3) is 0 Å². The fraction of sp³-hybridized carbons (Fsp3) is 0.667. The van der Waals surface area contributed by atoms with Crippen LogP contribution in [0.5, 0.6) is 5.75 Å². The van der Waals surface area contributed by atoms with Crippen LogP contribution in [0.25, 0.3) is 0 Å². The maximum atomic E-state index is 6.20. The van der Waals surface area contributed by atoms with Crippen molar-refractivity contribution in [3.63, 3.8) is 0 Å². The Hall–Kier alpha value is -0.890. The summed E-state index contributed by atoms with van der Waals surface area (Å²) in [6.45, 7) is 7.11. The quantitative estimate of drug-likeness (QED) is 0.717. The zero-order valence-corrected chi connectivity index (χ0v) is 14.5. The fourth-order valence-corrected chi connectivity index (χ4v) is 3.56. The molecule has 1 aliphatic rings. The molecule has 1 aromatic rings. The zero-order chi connectivity index (χ0) is 15.5. The van der Waals surface area contributed by atoms with Crippen LogP contribution in [0.1, 0.15) is 52.9 Å². The molecule has 118 valence electrons. The maximum absolute atomic E-state index is 6.20. The molecule has 2 rings (SSSR count). The van der Waals surface area contributed by atoms with Crippen molar-refractivity contribution in [2.24, 2.45) is 11.3 Å². The minimum Gasteiger partial charge on any atom is -0.495 e. The summed E-state index contributed by atoms with van der Waals surface area (Å²) in [5.74, 6) is 1.57. The highest BCUT2D eigenvalue weighted by molar-refractivity contribution is 6.32. The molecule has 2 nitrogen and oxygen atoms in total. The summed E-state index contributed by atoms with van der Waals surface area (Å²) in [4.78, 5) is 0. The molecular formula is C18H28ClNO. The molecular weight excluding hydrogens is 282 g/mol. The average molecular weight is 310 g/mol. The van der Waals surface area contributed by atoms with E-state index < -0.39 is 0 Å². The standard InChI is InChI=1S/C18H28ClNO/c1-18(2,3)13-6-5-7-14(9-8-13)20-15-10-11-17(21-4)16(19)12-15/h10-14,20H,5-9H2,1-4H3. The number of methoxy groups -OCH3 is 1. The minimum atomic E-state index is 0.429. The van der Waals surface area contributed by atoms with Crippen molar-refractivity contribution in [2.75, 3.05) is 12.4 Å². The van der Waals surface area contributed by atoms with Crippen LogP contribution in [0.15, 0.2) is 18.2 Å². The number of hydrogen-bond donors (Lipinski definition) is 1. The highest BCUT2D eigenvalue weighted by Gasteiger charge is 2.27. The molecule has 2 atom stereocenters. The van der Waals surface area contributed by atoms with E-state index in [1.807, 2.05) is 12.1 Å². The van der Waals surface area contributed by atoms with Gasteiger partial charge in [-0.15, -0.1) is 0 Å². The van der Waals surface area contributed by atoms with E-state index in [0.29, 0.717) is 16.5 Å². The van der Waals surface area contributed by atoms with Crippen LogP contribution in [-0.2, 0) is 0 Å². The van der Waals surface area contributed by atoms with Crippen molar-refractivity contribution in [1.82, 2.24) is 0 Å². The van der Waals surface area contributed by atoms with Gasteiger partial charge < -0.3 is 10.1 Å². The number of benzene rings is 1. The molecule has 2 unspecified atom stereocenters. The zero-order valence-electron chi connectivity index (χ0n) is 13.7. The lowest BCUT2D eigenvalue weighted by Crippen LogP contribution is -2.21. The third-order valence-electron chi connectivity index (χ3n) is 4.72. The van der Waals surface area contributed by atoms with Gasteiger partial charge in [-0.25, -0.2) is 0 Å². The first kappa shape index (κ1) is 16.5. The van der Waals surface area contributed by atoms with Gasteiger partial charge in [-0.05, 0) is 55.2 Å². The monoisotopic (exact) mass is 309 g/mol. The number of rotatable bonds is 3. The van der Waals surface area contributed by atoms with Crippen molar-refractivity contribution in [2.45, 2.75) is 58.9 Å². The second-order valence-electron chi connectivity index (χ2n) is 7.26. The van der Waals surface area contributed by atoms with E-state index in [2.05, 4.69) is 32.2 Å². The highest BCUT2D eigenvalue weighted by Crippen LogP contribution is 2.37. The van der Waals surface area contributed by atoms with Gasteiger partial charge in [-0.1, -0.05) is 38.8 Å². The van der Waals surface area contributed by atoms with Crippen LogP contribution < -0.4 is 10.1 Å². The molecule has 1 saturated carbocycles. The SMILES string of the molecule is COc1ccc(NC2CCCC(C(C)(C)C)CC2)cc1Cl. The smallest absolute Gasteiger partial charge is 0.137 e. The molecule has 0 heterocycles. The second kappa shape index (κ2) is 6.91. The molecule has 0 saturated heterocycles. The largest absolute Gasteiger partial charge is 0.495 e. The van der Waals surface area contributed by atoms with Gasteiger partial charge in [0.2, 0.25) is 0 Å². The molecule has 1 fully saturated rings. The van der Waals surface area contributed by atoms with Crippen LogP contribution >= 0.6 is 11.6 Å². The molecule has 0 aliphatic heterocycles. The Morgan fingerprint density at radius 3 is 2.52 bits per heavy atom. The van der Waals surface area contributed by atoms with Gasteiger partial charge >= 0.3 is 0 Å². The first-order chi connectivity index (χ1) is 9.90. The van der Waals surface area contributed by atoms with E-state index in [9.17, 15) is 0 Å². The lowest BCUT2D eigenvalue weighted by Gasteiger charge is -2.29. The second-order valence-corrected chi connectivity index (χ2v) is 7.67. The van der Waals surface area contributed by atoms with Gasteiger partial charge in [0.1, 0.15) is 5.75 Å². The van der Waals surface area contributed by atoms with E-state index in [-0.39, 0.29) is 0 Å². The van der Waals surface area contributed by atoms with Crippen molar-refractivity contribution in [1.29, 1.82) is 0 Å². The molecule has 0 radical (unpaired) electrons. The average Bonchev–Trinajstić information content (AvgIpc) is 2.64. The molecule has 21 heavy (non-hydrogen) atoms. The van der Waals surface area contributed by atoms with E-state index >= 15 is 0 Å². The van der Waals surface area contributed by atoms with E-state index in [4.69, 9.17) is 16.3 Å². The van der Waals surface area contributed by atoms with Gasteiger partial charge in [-0.2, -0.15) is 0 Å². The van der Waals surface area contributed by atoms with Crippen LogP contribution in [0.2, 0.25) is 5.02 Å². The lowest BCUT2D eigenvalue weighted by atomic mass is 9.76. The molecule has 0 amide bonds. The van der Waals surface area contributed by atoms with Gasteiger partial charge in [0.15, 0.2) is 0 Å². The molecule has 1 aliphatic carbocycles. The van der Waals surface area contributed by atoms with Crippen LogP contribution in [-0.4, -0.2) is 13.2 Å². The summed E-state index contributed by atoms with van der Waals surface area (Å²) in [6, 6.07) is 6.50. The first-order valence-corrected chi connectivity index (χ1v) is 8.38. The Morgan fingerprint density at radius 2 is 1.90 bits per heavy atom. The van der Waals surface area contributed by atoms with Crippen molar-refractivity contribution in [3.8, 4) is 5.75 Å². The van der Waals surface area contributed by atoms with E-state index in [0.717, 1.165) is 17.4 Å². The molecule has 0 aromatic heterocycles. The Labute approximate surface area is 134 Å². The normalized spacial score (nSPS) is 23.5. The summed E-state index contributed by atoms with van der Waals surface area (Å²) in [5, 5.41) is 4.32. The van der Waals surface area contributed by atoms with Crippen LogP contribution in [0.3, 0.4) is 0 Å². The summed E-state index contributed by atoms with van der Waals surface area (Å²) in [5.41, 5.74) is 1.53. The maximum Gasteiger partial charge on any atom is 0.137 e. The minimum absolute atomic E-state index is 0.429. The Kier molecular flexibility index (Phi) is 5.43. The van der Waals surface area contributed by atoms with Gasteiger partial charge in [0.05, 0.1) is 12.1 Å². The third-order valence-corrected chi connectivity index (χ3v) is 5.01. The molecule has 3 heteroatoms. The van der Waals surface area contributed by atoms with Crippen molar-refractivity contribution in [3.05, 3.63) is 23.2 Å². The van der Waals surface area contributed by atoms with E-state index in [1.54, 1.807) is 7.11 Å². The number of anilines is 1. The molecule has 0 bridgehead atoms. The number of ether oxygens (including phenoxy) is 1. The molecule has 0 spiro atoms. The third kappa shape index (κ3) is 4.54. The summed E-state index contributed by atoms with van der Waals surface area (Å²) in [6.07, 6.45) is 6.46. The Balaban J connectivity index is 1.96. The van der Waals surface area contributed by atoms with Crippen molar-refractivity contribution < 1.29 is 4.74 Å².